The Bertz CT molecular complexity index is 494. The van der Waals surface area contributed by atoms with Crippen LogP contribution in [0.2, 0.25) is 0 Å². The zero-order valence-electron chi connectivity index (χ0n) is 10.2. The Morgan fingerprint density at radius 3 is 2.60 bits per heavy atom. The number of benzene rings is 1. The van der Waals surface area contributed by atoms with Crippen molar-refractivity contribution in [3.05, 3.63) is 29.6 Å². The number of amides is 1. The fourth-order valence-corrected chi connectivity index (χ4v) is 1.41. The van der Waals surface area contributed by atoms with E-state index in [1.807, 2.05) is 0 Å². The van der Waals surface area contributed by atoms with Crippen LogP contribution in [-0.4, -0.2) is 23.6 Å². The number of hydrogen-bond donors (Lipinski definition) is 2. The van der Waals surface area contributed by atoms with Gasteiger partial charge in [0.15, 0.2) is 0 Å². The molecule has 0 heterocycles. The maximum absolute atomic E-state index is 13.5. The molecule has 0 bridgehead atoms. The molecule has 1 aromatic rings. The Kier molecular flexibility index (Phi) is 5.82. The number of carboxylic acid groups (broad SMARTS) is 1. The molecular weight excluding hydrogens is 279 g/mol. The smallest absolute Gasteiger partial charge is 0.387 e. The minimum Gasteiger partial charge on any atom is -0.481 e. The van der Waals surface area contributed by atoms with E-state index in [0.717, 1.165) is 12.1 Å². The van der Waals surface area contributed by atoms with Crippen molar-refractivity contribution in [2.45, 2.75) is 26.0 Å². The Labute approximate surface area is 112 Å². The van der Waals surface area contributed by atoms with Gasteiger partial charge in [-0.15, -0.1) is 0 Å². The SMILES string of the molecule is O=C(O)CCC(=O)NCc1c(F)cccc1OC(F)F. The maximum Gasteiger partial charge on any atom is 0.387 e. The fraction of sp³-hybridized carbons (Fsp3) is 0.333. The number of carbonyl (C=O) groups excluding carboxylic acids is 1. The average Bonchev–Trinajstić information content (AvgIpc) is 2.35. The van der Waals surface area contributed by atoms with Crippen molar-refractivity contribution < 1.29 is 32.6 Å². The summed E-state index contributed by atoms with van der Waals surface area (Å²) in [6.45, 7) is -3.48. The second kappa shape index (κ2) is 7.37. The highest BCUT2D eigenvalue weighted by molar-refractivity contribution is 5.80. The Balaban J connectivity index is 2.66. The highest BCUT2D eigenvalue weighted by Gasteiger charge is 2.14. The summed E-state index contributed by atoms with van der Waals surface area (Å²) in [5.74, 6) is -2.95. The molecule has 1 aromatic carbocycles. The number of nitrogens with one attached hydrogen (secondary N) is 1. The zero-order valence-corrected chi connectivity index (χ0v) is 10.2. The van der Waals surface area contributed by atoms with Gasteiger partial charge in [0.25, 0.3) is 0 Å². The van der Waals surface area contributed by atoms with Crippen LogP contribution in [0.4, 0.5) is 13.2 Å². The monoisotopic (exact) mass is 291 g/mol. The first-order chi connectivity index (χ1) is 9.40. The van der Waals surface area contributed by atoms with Gasteiger partial charge in [0, 0.05) is 18.5 Å². The molecule has 0 saturated heterocycles. The molecule has 0 aliphatic heterocycles. The van der Waals surface area contributed by atoms with Gasteiger partial charge in [0.05, 0.1) is 6.42 Å². The number of aliphatic carboxylic acids is 1. The van der Waals surface area contributed by atoms with Gasteiger partial charge in [-0.25, -0.2) is 4.39 Å². The number of carbonyl (C=O) groups is 2. The summed E-state index contributed by atoms with van der Waals surface area (Å²) < 4.78 is 41.9. The van der Waals surface area contributed by atoms with Gasteiger partial charge < -0.3 is 15.2 Å². The van der Waals surface area contributed by atoms with Crippen LogP contribution in [0.5, 0.6) is 5.75 Å². The van der Waals surface area contributed by atoms with Gasteiger partial charge in [-0.2, -0.15) is 8.78 Å². The molecule has 0 fully saturated rings. The van der Waals surface area contributed by atoms with E-state index in [0.29, 0.717) is 0 Å². The fourth-order valence-electron chi connectivity index (χ4n) is 1.41. The van der Waals surface area contributed by atoms with Crippen LogP contribution >= 0.6 is 0 Å². The number of alkyl halides is 2. The first kappa shape index (κ1) is 15.8. The average molecular weight is 291 g/mol. The molecule has 20 heavy (non-hydrogen) atoms. The van der Waals surface area contributed by atoms with E-state index < -0.39 is 24.3 Å². The molecule has 0 atom stereocenters. The second-order valence-electron chi connectivity index (χ2n) is 3.77. The first-order valence-corrected chi connectivity index (χ1v) is 5.61. The van der Waals surface area contributed by atoms with E-state index in [-0.39, 0.29) is 30.7 Å². The molecule has 0 radical (unpaired) electrons. The summed E-state index contributed by atoms with van der Waals surface area (Å²) in [5, 5.41) is 10.6. The van der Waals surface area contributed by atoms with Gasteiger partial charge in [-0.3, -0.25) is 9.59 Å². The molecule has 0 unspecified atom stereocenters. The zero-order chi connectivity index (χ0) is 15.1. The lowest BCUT2D eigenvalue weighted by Crippen LogP contribution is -2.24. The quantitative estimate of drug-likeness (QED) is 0.804. The normalized spacial score (nSPS) is 10.4. The van der Waals surface area contributed by atoms with Gasteiger partial charge in [0.1, 0.15) is 11.6 Å². The molecule has 1 amide bonds. The highest BCUT2D eigenvalue weighted by atomic mass is 19.3. The topological polar surface area (TPSA) is 75.6 Å². The second-order valence-corrected chi connectivity index (χ2v) is 3.77. The number of rotatable bonds is 7. The van der Waals surface area contributed by atoms with Crippen molar-refractivity contribution in [2.75, 3.05) is 0 Å². The first-order valence-electron chi connectivity index (χ1n) is 5.61. The predicted octanol–water partition coefficient (Wildman–Crippen LogP) is 1.91. The third-order valence-electron chi connectivity index (χ3n) is 2.32. The van der Waals surface area contributed by atoms with Crippen molar-refractivity contribution >= 4 is 11.9 Å². The van der Waals surface area contributed by atoms with Crippen LogP contribution in [0, 0.1) is 5.82 Å². The van der Waals surface area contributed by atoms with E-state index in [2.05, 4.69) is 10.1 Å². The summed E-state index contributed by atoms with van der Waals surface area (Å²) in [7, 11) is 0. The Morgan fingerprint density at radius 2 is 2.00 bits per heavy atom. The molecule has 8 heteroatoms. The minimum atomic E-state index is -3.11. The molecule has 0 saturated carbocycles. The third kappa shape index (κ3) is 5.17. The van der Waals surface area contributed by atoms with Gasteiger partial charge in [-0.1, -0.05) is 6.07 Å². The van der Waals surface area contributed by atoms with Crippen LogP contribution < -0.4 is 10.1 Å². The molecule has 0 aliphatic rings. The lowest BCUT2D eigenvalue weighted by molar-refractivity contribution is -0.138. The van der Waals surface area contributed by atoms with Crippen molar-refractivity contribution in [3.63, 3.8) is 0 Å². The summed E-state index contributed by atoms with van der Waals surface area (Å²) in [6, 6.07) is 3.38. The number of halogens is 3. The highest BCUT2D eigenvalue weighted by Crippen LogP contribution is 2.23. The molecule has 0 spiro atoms. The summed E-state index contributed by atoms with van der Waals surface area (Å²) in [6.07, 6.45) is -0.654. The van der Waals surface area contributed by atoms with E-state index in [9.17, 15) is 22.8 Å². The molecule has 5 nitrogen and oxygen atoms in total. The molecule has 1 rings (SSSR count). The van der Waals surface area contributed by atoms with E-state index in [1.54, 1.807) is 0 Å². The number of ether oxygens (including phenoxy) is 1. The van der Waals surface area contributed by atoms with Crippen LogP contribution in [0.15, 0.2) is 18.2 Å². The van der Waals surface area contributed by atoms with Crippen LogP contribution in [0.1, 0.15) is 18.4 Å². The van der Waals surface area contributed by atoms with E-state index in [4.69, 9.17) is 5.11 Å². The predicted molar refractivity (Wildman–Crippen MR) is 61.7 cm³/mol. The molecule has 2 N–H and O–H groups in total. The summed E-state index contributed by atoms with van der Waals surface area (Å²) in [4.78, 5) is 21.5. The lowest BCUT2D eigenvalue weighted by Gasteiger charge is -2.12. The largest absolute Gasteiger partial charge is 0.481 e. The molecule has 0 aromatic heterocycles. The van der Waals surface area contributed by atoms with E-state index >= 15 is 0 Å². The van der Waals surface area contributed by atoms with Gasteiger partial charge >= 0.3 is 12.6 Å². The molecular formula is C12H12F3NO4. The van der Waals surface area contributed by atoms with Gasteiger partial charge in [0.2, 0.25) is 5.91 Å². The van der Waals surface area contributed by atoms with E-state index in [1.165, 1.54) is 6.07 Å². The summed E-state index contributed by atoms with van der Waals surface area (Å²) in [5.41, 5.74) is -0.225. The Hall–Kier alpha value is -2.25. The maximum atomic E-state index is 13.5. The van der Waals surface area contributed by atoms with Crippen LogP contribution in [0.3, 0.4) is 0 Å². The van der Waals surface area contributed by atoms with Crippen LogP contribution in [0.25, 0.3) is 0 Å². The number of hydrogen-bond acceptors (Lipinski definition) is 3. The minimum absolute atomic E-state index is 0.225. The van der Waals surface area contributed by atoms with Crippen molar-refractivity contribution in [2.24, 2.45) is 0 Å². The van der Waals surface area contributed by atoms with Gasteiger partial charge in [-0.05, 0) is 12.1 Å². The Morgan fingerprint density at radius 1 is 1.30 bits per heavy atom. The standard InChI is InChI=1S/C12H12F3NO4/c13-8-2-1-3-9(20-12(14)15)7(8)6-16-10(17)4-5-11(18)19/h1-3,12H,4-6H2,(H,16,17)(H,18,19). The van der Waals surface area contributed by atoms with Crippen molar-refractivity contribution in [3.8, 4) is 5.75 Å². The number of carboxylic acids is 1. The molecule has 110 valence electrons. The van der Waals surface area contributed by atoms with Crippen molar-refractivity contribution in [1.82, 2.24) is 5.32 Å². The van der Waals surface area contributed by atoms with Crippen LogP contribution in [-0.2, 0) is 16.1 Å². The lowest BCUT2D eigenvalue weighted by atomic mass is 10.2. The molecule has 0 aliphatic carbocycles. The third-order valence-corrected chi connectivity index (χ3v) is 2.32. The summed E-state index contributed by atoms with van der Waals surface area (Å²) >= 11 is 0. The van der Waals surface area contributed by atoms with Crippen molar-refractivity contribution in [1.29, 1.82) is 0 Å².